The molecule has 0 radical (unpaired) electrons. The summed E-state index contributed by atoms with van der Waals surface area (Å²) in [5, 5.41) is 9.83. The lowest BCUT2D eigenvalue weighted by molar-refractivity contribution is 0.108. The van der Waals surface area contributed by atoms with Gasteiger partial charge in [-0.15, -0.1) is 0 Å². The molecule has 0 spiro atoms. The van der Waals surface area contributed by atoms with Crippen molar-refractivity contribution in [3.63, 3.8) is 0 Å². The molecule has 3 N–H and O–H groups in total. The highest BCUT2D eigenvalue weighted by atomic mass is 31.2. The Balaban J connectivity index is 3.26. The lowest BCUT2D eigenvalue weighted by atomic mass is 10.2. The second kappa shape index (κ2) is 7.28. The molecule has 0 aromatic heterocycles. The molecule has 112 valence electrons. The van der Waals surface area contributed by atoms with E-state index in [0.717, 1.165) is 0 Å². The molecular weight excluding hydrogens is 285 g/mol. The average molecular weight is 303 g/mol. The van der Waals surface area contributed by atoms with Gasteiger partial charge in [-0.05, 0) is 19.9 Å². The number of rotatable bonds is 7. The SMILES string of the molecule is CCOP(=O)(OCC)[C@@H](OC(N)=O)c1ccccc1O. The van der Waals surface area contributed by atoms with E-state index in [-0.39, 0.29) is 24.5 Å². The fraction of sp³-hybridized carbons (Fsp3) is 0.417. The van der Waals surface area contributed by atoms with E-state index >= 15 is 0 Å². The van der Waals surface area contributed by atoms with Gasteiger partial charge in [-0.2, -0.15) is 0 Å². The summed E-state index contributed by atoms with van der Waals surface area (Å²) in [6.45, 7) is 3.42. The van der Waals surface area contributed by atoms with Gasteiger partial charge in [-0.3, -0.25) is 4.57 Å². The second-order valence-electron chi connectivity index (χ2n) is 3.72. The summed E-state index contributed by atoms with van der Waals surface area (Å²) in [6.07, 6.45) is -1.14. The summed E-state index contributed by atoms with van der Waals surface area (Å²) in [5.74, 6) is -1.61. The van der Waals surface area contributed by atoms with Crippen LogP contribution in [0.4, 0.5) is 4.79 Å². The van der Waals surface area contributed by atoms with Crippen LogP contribution in [0.2, 0.25) is 0 Å². The number of phenols is 1. The number of aromatic hydroxyl groups is 1. The molecule has 8 heteroatoms. The highest BCUT2D eigenvalue weighted by Crippen LogP contribution is 2.62. The number of carbonyl (C=O) groups is 1. The third-order valence-corrected chi connectivity index (χ3v) is 4.53. The van der Waals surface area contributed by atoms with Crippen LogP contribution < -0.4 is 5.73 Å². The summed E-state index contributed by atoms with van der Waals surface area (Å²) in [7, 11) is -3.82. The van der Waals surface area contributed by atoms with Gasteiger partial charge in [0.1, 0.15) is 5.75 Å². The molecular formula is C12H18NO6P. The number of carbonyl (C=O) groups excluding carboxylic acids is 1. The van der Waals surface area contributed by atoms with Crippen molar-refractivity contribution in [2.24, 2.45) is 5.73 Å². The van der Waals surface area contributed by atoms with Crippen LogP contribution in [-0.2, 0) is 18.3 Å². The topological polar surface area (TPSA) is 108 Å². The first-order valence-corrected chi connectivity index (χ1v) is 7.68. The van der Waals surface area contributed by atoms with Gasteiger partial charge in [0.2, 0.25) is 5.85 Å². The molecule has 0 saturated heterocycles. The first-order chi connectivity index (χ1) is 9.44. The Morgan fingerprint density at radius 2 is 1.85 bits per heavy atom. The lowest BCUT2D eigenvalue weighted by Crippen LogP contribution is -2.19. The molecule has 1 aromatic rings. The Morgan fingerprint density at radius 3 is 2.30 bits per heavy atom. The van der Waals surface area contributed by atoms with Gasteiger partial charge >= 0.3 is 13.7 Å². The average Bonchev–Trinajstić information content (AvgIpc) is 2.37. The van der Waals surface area contributed by atoms with Crippen LogP contribution in [0, 0.1) is 0 Å². The van der Waals surface area contributed by atoms with Gasteiger partial charge in [0, 0.05) is 5.56 Å². The van der Waals surface area contributed by atoms with E-state index < -0.39 is 19.5 Å². The van der Waals surface area contributed by atoms with E-state index in [0.29, 0.717) is 0 Å². The number of hydrogen-bond acceptors (Lipinski definition) is 6. The van der Waals surface area contributed by atoms with Crippen molar-refractivity contribution < 1.29 is 28.3 Å². The van der Waals surface area contributed by atoms with Crippen LogP contribution in [-0.4, -0.2) is 24.4 Å². The van der Waals surface area contributed by atoms with Gasteiger partial charge in [-0.25, -0.2) is 4.79 Å². The zero-order valence-electron chi connectivity index (χ0n) is 11.3. The summed E-state index contributed by atoms with van der Waals surface area (Å²) < 4.78 is 27.8. The highest BCUT2D eigenvalue weighted by Gasteiger charge is 2.41. The number of hydrogen-bond donors (Lipinski definition) is 2. The van der Waals surface area contributed by atoms with Crippen molar-refractivity contribution in [3.05, 3.63) is 29.8 Å². The summed E-state index contributed by atoms with van der Waals surface area (Å²) >= 11 is 0. The summed E-state index contributed by atoms with van der Waals surface area (Å²) in [5.41, 5.74) is 5.10. The van der Waals surface area contributed by atoms with Crippen LogP contribution in [0.15, 0.2) is 24.3 Å². The molecule has 0 unspecified atom stereocenters. The first kappa shape index (κ1) is 16.5. The summed E-state index contributed by atoms with van der Waals surface area (Å²) in [6, 6.07) is 5.99. The monoisotopic (exact) mass is 303 g/mol. The molecule has 1 rings (SSSR count). The highest BCUT2D eigenvalue weighted by molar-refractivity contribution is 7.54. The molecule has 0 saturated carbocycles. The Kier molecular flexibility index (Phi) is 6.01. The van der Waals surface area contributed by atoms with Crippen molar-refractivity contribution in [2.45, 2.75) is 19.7 Å². The standard InChI is InChI=1S/C12H18NO6P/c1-3-17-20(16,18-4-2)11(19-12(13)15)9-7-5-6-8-10(9)14/h5-8,11,14H,3-4H2,1-2H3,(H2,13,15)/t11-/m1/s1. The van der Waals surface area contributed by atoms with Gasteiger partial charge < -0.3 is 24.6 Å². The normalized spacial score (nSPS) is 12.9. The number of phenolic OH excluding ortho intramolecular Hbond substituents is 1. The second-order valence-corrected chi connectivity index (χ2v) is 5.79. The Morgan fingerprint density at radius 1 is 1.30 bits per heavy atom. The Bertz CT molecular complexity index is 496. The van der Waals surface area contributed by atoms with E-state index in [9.17, 15) is 14.5 Å². The van der Waals surface area contributed by atoms with Crippen molar-refractivity contribution >= 4 is 13.7 Å². The lowest BCUT2D eigenvalue weighted by Gasteiger charge is -2.26. The van der Waals surface area contributed by atoms with Crippen molar-refractivity contribution in [2.75, 3.05) is 13.2 Å². The van der Waals surface area contributed by atoms with Gasteiger partial charge in [-0.1, -0.05) is 18.2 Å². The first-order valence-electron chi connectivity index (χ1n) is 6.07. The number of ether oxygens (including phenoxy) is 1. The predicted molar refractivity (Wildman–Crippen MR) is 72.4 cm³/mol. The third kappa shape index (κ3) is 3.96. The van der Waals surface area contributed by atoms with Crippen molar-refractivity contribution in [1.29, 1.82) is 0 Å². The molecule has 1 atom stereocenters. The molecule has 0 aliphatic heterocycles. The molecule has 1 amide bonds. The number of amides is 1. The maximum atomic E-state index is 12.7. The molecule has 7 nitrogen and oxygen atoms in total. The fourth-order valence-electron chi connectivity index (χ4n) is 1.64. The van der Waals surface area contributed by atoms with E-state index in [1.807, 2.05) is 0 Å². The summed E-state index contributed by atoms with van der Waals surface area (Å²) in [4.78, 5) is 11.0. The molecule has 0 aliphatic rings. The van der Waals surface area contributed by atoms with E-state index in [2.05, 4.69) is 0 Å². The molecule has 0 fully saturated rings. The van der Waals surface area contributed by atoms with Crippen molar-refractivity contribution in [3.8, 4) is 5.75 Å². The fourth-order valence-corrected chi connectivity index (χ4v) is 3.49. The molecule has 1 aromatic carbocycles. The Labute approximate surface area is 117 Å². The molecule has 0 heterocycles. The smallest absolute Gasteiger partial charge is 0.405 e. The van der Waals surface area contributed by atoms with Gasteiger partial charge in [0.15, 0.2) is 0 Å². The van der Waals surface area contributed by atoms with Crippen molar-refractivity contribution in [1.82, 2.24) is 0 Å². The molecule has 20 heavy (non-hydrogen) atoms. The quantitative estimate of drug-likeness (QED) is 0.750. The molecule has 0 aliphatic carbocycles. The zero-order chi connectivity index (χ0) is 15.2. The number of benzene rings is 1. The van der Waals surface area contributed by atoms with Crippen LogP contribution in [0.3, 0.4) is 0 Å². The largest absolute Gasteiger partial charge is 0.508 e. The van der Waals surface area contributed by atoms with Crippen LogP contribution in [0.1, 0.15) is 25.3 Å². The van der Waals surface area contributed by atoms with Crippen LogP contribution in [0.25, 0.3) is 0 Å². The van der Waals surface area contributed by atoms with Gasteiger partial charge in [0.25, 0.3) is 0 Å². The minimum absolute atomic E-state index is 0.0868. The third-order valence-electron chi connectivity index (χ3n) is 2.34. The minimum atomic E-state index is -3.82. The Hall–Kier alpha value is -1.56. The minimum Gasteiger partial charge on any atom is -0.508 e. The zero-order valence-corrected chi connectivity index (χ0v) is 12.2. The molecule has 0 bridgehead atoms. The predicted octanol–water partition coefficient (Wildman–Crippen LogP) is 2.75. The van der Waals surface area contributed by atoms with E-state index in [1.165, 1.54) is 12.1 Å². The number of para-hydroxylation sites is 1. The maximum Gasteiger partial charge on any atom is 0.405 e. The van der Waals surface area contributed by atoms with Crippen LogP contribution >= 0.6 is 7.60 Å². The van der Waals surface area contributed by atoms with E-state index in [4.69, 9.17) is 19.5 Å². The number of nitrogens with two attached hydrogens (primary N) is 1. The van der Waals surface area contributed by atoms with Crippen LogP contribution in [0.5, 0.6) is 5.75 Å². The van der Waals surface area contributed by atoms with Gasteiger partial charge in [0.05, 0.1) is 13.2 Å². The number of primary amides is 1. The van der Waals surface area contributed by atoms with E-state index in [1.54, 1.807) is 26.0 Å². The maximum absolute atomic E-state index is 12.7.